The van der Waals surface area contributed by atoms with E-state index in [9.17, 15) is 14.0 Å². The van der Waals surface area contributed by atoms with E-state index in [1.165, 1.54) is 11.0 Å². The van der Waals surface area contributed by atoms with Crippen LogP contribution >= 0.6 is 0 Å². The summed E-state index contributed by atoms with van der Waals surface area (Å²) in [5.74, 6) is -0.0894. The number of anilines is 1. The van der Waals surface area contributed by atoms with Gasteiger partial charge >= 0.3 is 0 Å². The van der Waals surface area contributed by atoms with E-state index >= 15 is 0 Å². The quantitative estimate of drug-likeness (QED) is 0.555. The average Bonchev–Trinajstić information content (AvgIpc) is 3.15. The highest BCUT2D eigenvalue weighted by molar-refractivity contribution is 6.32. The van der Waals surface area contributed by atoms with Crippen molar-refractivity contribution >= 4 is 31.2 Å². The lowest BCUT2D eigenvalue weighted by atomic mass is 9.93. The molecular formula is C13H15BFNO2. The number of amides is 1. The van der Waals surface area contributed by atoms with Crippen molar-refractivity contribution in [2.45, 2.75) is 19.8 Å². The van der Waals surface area contributed by atoms with Gasteiger partial charge in [0.05, 0.1) is 6.54 Å². The molecule has 1 aromatic carbocycles. The molecule has 0 heterocycles. The Bertz CT molecular complexity index is 500. The number of carbonyl (C=O) groups excluding carboxylic acids is 2. The van der Waals surface area contributed by atoms with Crippen LogP contribution in [0.3, 0.4) is 0 Å². The molecule has 0 N–H and O–H groups in total. The molecule has 1 fully saturated rings. The zero-order chi connectivity index (χ0) is 13.3. The number of hydrogen-bond acceptors (Lipinski definition) is 2. The van der Waals surface area contributed by atoms with E-state index in [1.54, 1.807) is 20.8 Å². The van der Waals surface area contributed by atoms with Gasteiger partial charge < -0.3 is 4.90 Å². The fourth-order valence-corrected chi connectivity index (χ4v) is 1.96. The fourth-order valence-electron chi connectivity index (χ4n) is 1.96. The Morgan fingerprint density at radius 1 is 1.56 bits per heavy atom. The molecule has 0 aliphatic heterocycles. The third-order valence-corrected chi connectivity index (χ3v) is 3.27. The van der Waals surface area contributed by atoms with Crippen LogP contribution in [0.15, 0.2) is 12.1 Å². The largest absolute Gasteiger partial charge is 0.307 e. The molecule has 0 radical (unpaired) electrons. The minimum atomic E-state index is -0.296. The second-order valence-corrected chi connectivity index (χ2v) is 4.86. The molecule has 5 heteroatoms. The van der Waals surface area contributed by atoms with Gasteiger partial charge in [-0.2, -0.15) is 0 Å². The third kappa shape index (κ3) is 2.60. The second kappa shape index (κ2) is 4.92. The number of ketones is 1. The van der Waals surface area contributed by atoms with Crippen LogP contribution in [0.1, 0.15) is 18.4 Å². The van der Waals surface area contributed by atoms with Gasteiger partial charge in [-0.05, 0) is 37.5 Å². The third-order valence-electron chi connectivity index (χ3n) is 3.27. The highest BCUT2D eigenvalue weighted by Crippen LogP contribution is 2.30. The molecule has 3 nitrogen and oxygen atoms in total. The van der Waals surface area contributed by atoms with Crippen LogP contribution in [0.25, 0.3) is 0 Å². The van der Waals surface area contributed by atoms with Crippen molar-refractivity contribution in [3.8, 4) is 0 Å². The summed E-state index contributed by atoms with van der Waals surface area (Å²) >= 11 is 0. The molecule has 2 rings (SSSR count). The lowest BCUT2D eigenvalue weighted by Crippen LogP contribution is -2.31. The Morgan fingerprint density at radius 3 is 2.78 bits per heavy atom. The van der Waals surface area contributed by atoms with E-state index in [1.807, 2.05) is 0 Å². The number of halogens is 1. The van der Waals surface area contributed by atoms with Crippen molar-refractivity contribution in [2.75, 3.05) is 11.4 Å². The number of nitrogens with zero attached hydrogens (tertiary/aromatic N) is 1. The maximum atomic E-state index is 13.4. The van der Waals surface area contributed by atoms with Gasteiger partial charge in [0.25, 0.3) is 0 Å². The smallest absolute Gasteiger partial charge is 0.214 e. The van der Waals surface area contributed by atoms with Gasteiger partial charge in [0, 0.05) is 11.6 Å². The zero-order valence-electron chi connectivity index (χ0n) is 10.6. The highest BCUT2D eigenvalue weighted by atomic mass is 19.1. The Labute approximate surface area is 106 Å². The summed E-state index contributed by atoms with van der Waals surface area (Å²) in [6.45, 7) is 1.82. The monoisotopic (exact) mass is 247 g/mol. The van der Waals surface area contributed by atoms with E-state index in [2.05, 4.69) is 0 Å². The summed E-state index contributed by atoms with van der Waals surface area (Å²) in [7, 11) is 1.64. The van der Waals surface area contributed by atoms with Crippen molar-refractivity contribution in [2.24, 2.45) is 5.92 Å². The molecule has 1 aromatic rings. The zero-order valence-corrected chi connectivity index (χ0v) is 10.6. The molecule has 1 aliphatic carbocycles. The first-order chi connectivity index (χ1) is 8.52. The van der Waals surface area contributed by atoms with Crippen LogP contribution in [-0.4, -0.2) is 26.6 Å². The van der Waals surface area contributed by atoms with Crippen molar-refractivity contribution in [3.05, 3.63) is 23.5 Å². The molecule has 1 saturated carbocycles. The highest BCUT2D eigenvalue weighted by Gasteiger charge is 2.30. The fraction of sp³-hybridized carbons (Fsp3) is 0.385. The molecule has 18 heavy (non-hydrogen) atoms. The Morgan fingerprint density at radius 2 is 2.22 bits per heavy atom. The summed E-state index contributed by atoms with van der Waals surface area (Å²) < 4.78 is 13.4. The minimum absolute atomic E-state index is 0.0834. The maximum Gasteiger partial charge on any atom is 0.214 e. The lowest BCUT2D eigenvalue weighted by molar-refractivity contribution is -0.120. The molecule has 94 valence electrons. The van der Waals surface area contributed by atoms with Crippen LogP contribution in [-0.2, 0) is 9.59 Å². The van der Waals surface area contributed by atoms with E-state index in [4.69, 9.17) is 0 Å². The van der Waals surface area contributed by atoms with Crippen LogP contribution in [0.5, 0.6) is 0 Å². The van der Waals surface area contributed by atoms with Gasteiger partial charge in [0.15, 0.2) is 5.78 Å². The summed E-state index contributed by atoms with van der Waals surface area (Å²) in [4.78, 5) is 24.2. The Hall–Kier alpha value is -1.65. The predicted molar refractivity (Wildman–Crippen MR) is 70.5 cm³/mol. The number of carbonyl (C=O) groups is 2. The summed E-state index contributed by atoms with van der Waals surface area (Å²) in [5, 5.41) is 0. The van der Waals surface area contributed by atoms with Gasteiger partial charge in [0.2, 0.25) is 6.41 Å². The van der Waals surface area contributed by atoms with E-state index in [-0.39, 0.29) is 24.1 Å². The van der Waals surface area contributed by atoms with Gasteiger partial charge in [0.1, 0.15) is 13.7 Å². The van der Waals surface area contributed by atoms with Crippen molar-refractivity contribution in [3.63, 3.8) is 0 Å². The first-order valence-corrected chi connectivity index (χ1v) is 6.04. The first-order valence-electron chi connectivity index (χ1n) is 6.04. The van der Waals surface area contributed by atoms with Crippen LogP contribution in [0.4, 0.5) is 10.1 Å². The van der Waals surface area contributed by atoms with Gasteiger partial charge in [-0.3, -0.25) is 9.59 Å². The Balaban J connectivity index is 2.23. The first kappa shape index (κ1) is 12.8. The van der Waals surface area contributed by atoms with Crippen molar-refractivity contribution in [1.82, 2.24) is 0 Å². The molecule has 1 aliphatic rings. The summed E-state index contributed by atoms with van der Waals surface area (Å²) in [6, 6.07) is 3.00. The van der Waals surface area contributed by atoms with E-state index in [0.29, 0.717) is 23.1 Å². The number of hydrogen-bond donors (Lipinski definition) is 0. The summed E-state index contributed by atoms with van der Waals surface area (Å²) in [5.41, 5.74) is 1.74. The van der Waals surface area contributed by atoms with Crippen molar-refractivity contribution < 1.29 is 14.0 Å². The molecule has 1 amide bonds. The molecular weight excluding hydrogens is 232 g/mol. The topological polar surface area (TPSA) is 37.4 Å². The molecule has 0 atom stereocenters. The SMILES string of the molecule is Bc1cc(N(C=O)CC(=O)C2CC2)c(C)cc1F. The van der Waals surface area contributed by atoms with Crippen LogP contribution in [0, 0.1) is 18.7 Å². The summed E-state index contributed by atoms with van der Waals surface area (Å²) in [6.07, 6.45) is 2.49. The molecule has 0 spiro atoms. The molecule has 0 saturated heterocycles. The van der Waals surface area contributed by atoms with Crippen LogP contribution in [0.2, 0.25) is 0 Å². The van der Waals surface area contributed by atoms with Gasteiger partial charge in [-0.1, -0.05) is 5.46 Å². The standard InChI is InChI=1S/C13H15BFNO2/c1-8-4-11(15)10(14)5-12(8)16(7-17)6-13(18)9-2-3-9/h4-5,7,9H,2-3,6,14H2,1H3. The second-order valence-electron chi connectivity index (χ2n) is 4.86. The number of rotatable bonds is 5. The van der Waals surface area contributed by atoms with Crippen LogP contribution < -0.4 is 10.4 Å². The molecule has 0 aromatic heterocycles. The van der Waals surface area contributed by atoms with Crippen molar-refractivity contribution in [1.29, 1.82) is 0 Å². The normalized spacial score (nSPS) is 14.3. The minimum Gasteiger partial charge on any atom is -0.307 e. The van der Waals surface area contributed by atoms with Gasteiger partial charge in [-0.15, -0.1) is 0 Å². The predicted octanol–water partition coefficient (Wildman–Crippen LogP) is 0.334. The maximum absolute atomic E-state index is 13.4. The van der Waals surface area contributed by atoms with E-state index in [0.717, 1.165) is 12.8 Å². The van der Waals surface area contributed by atoms with Gasteiger partial charge in [-0.25, -0.2) is 4.39 Å². The lowest BCUT2D eigenvalue weighted by Gasteiger charge is -2.19. The average molecular weight is 247 g/mol. The molecule has 0 unspecified atom stereocenters. The number of Topliss-reactive ketones (excluding diaryl/α,β-unsaturated/α-hetero) is 1. The number of benzene rings is 1. The Kier molecular flexibility index (Phi) is 3.50. The molecule has 0 bridgehead atoms. The number of aryl methyl sites for hydroxylation is 1. The van der Waals surface area contributed by atoms with E-state index < -0.39 is 0 Å².